The van der Waals surface area contributed by atoms with E-state index in [1.165, 1.54) is 0 Å². The van der Waals surface area contributed by atoms with Crippen molar-refractivity contribution in [3.8, 4) is 0 Å². The summed E-state index contributed by atoms with van der Waals surface area (Å²) < 4.78 is 5.16. The van der Waals surface area contributed by atoms with Gasteiger partial charge in [0, 0.05) is 13.0 Å². The van der Waals surface area contributed by atoms with Gasteiger partial charge in [0.1, 0.15) is 6.29 Å². The Morgan fingerprint density at radius 3 is 2.89 bits per heavy atom. The summed E-state index contributed by atoms with van der Waals surface area (Å²) in [6, 6.07) is 0. The van der Waals surface area contributed by atoms with Crippen molar-refractivity contribution in [3.05, 3.63) is 0 Å². The normalized spacial score (nSPS) is 25.1. The average Bonchev–Trinajstić information content (AvgIpc) is 2.19. The number of ether oxygens (including phenoxy) is 1. The first kappa shape index (κ1) is 9.23. The van der Waals surface area contributed by atoms with Crippen LogP contribution in [0.5, 0.6) is 0 Å². The number of hydrogen-bond acceptors (Lipinski definition) is 2. The van der Waals surface area contributed by atoms with Crippen molar-refractivity contribution in [2.45, 2.75) is 25.4 Å². The molecule has 3 heteroatoms. The molecule has 1 saturated heterocycles. The van der Waals surface area contributed by atoms with Crippen LogP contribution in [0.2, 0.25) is 0 Å². The Morgan fingerprint density at radius 2 is 2.44 bits per heavy atom. The monoisotopic (exact) mass is 122 g/mol. The molecular weight excluding hydrogens is 111 g/mol. The average molecular weight is 122 g/mol. The predicted octanol–water partition coefficient (Wildman–Crippen LogP) is 0.106. The van der Waals surface area contributed by atoms with Crippen molar-refractivity contribution < 1.29 is 9.53 Å². The molecule has 1 fully saturated rings. The Labute approximate surface area is 67.1 Å². The van der Waals surface area contributed by atoms with E-state index < -0.39 is 0 Å². The first-order valence-corrected chi connectivity index (χ1v) is 2.98. The molecule has 0 aliphatic carbocycles. The summed E-state index contributed by atoms with van der Waals surface area (Å²) in [6.45, 7) is 0.846. The van der Waals surface area contributed by atoms with Gasteiger partial charge in [-0.2, -0.15) is 0 Å². The first-order chi connectivity index (χ1) is 3.93. The molecule has 1 heterocycles. The van der Waals surface area contributed by atoms with Crippen LogP contribution in [0.15, 0.2) is 0 Å². The Bertz CT molecular complexity index is 79.1. The SMILES string of the molecule is O=CCC1CCCO1.[LiH]. The molecule has 0 saturated carbocycles. The van der Waals surface area contributed by atoms with Gasteiger partial charge in [0.2, 0.25) is 0 Å². The summed E-state index contributed by atoms with van der Waals surface area (Å²) in [7, 11) is 0. The van der Waals surface area contributed by atoms with Crippen molar-refractivity contribution in [1.82, 2.24) is 0 Å². The van der Waals surface area contributed by atoms with E-state index >= 15 is 0 Å². The molecule has 1 unspecified atom stereocenters. The van der Waals surface area contributed by atoms with Gasteiger partial charge in [-0.05, 0) is 12.8 Å². The second kappa shape index (κ2) is 5.05. The standard InChI is InChI=1S/C6H10O2.Li.H/c7-4-3-6-2-1-5-8-6;;/h4,6H,1-3,5H2;;. The van der Waals surface area contributed by atoms with Gasteiger partial charge in [-0.1, -0.05) is 0 Å². The van der Waals surface area contributed by atoms with Gasteiger partial charge < -0.3 is 9.53 Å². The molecule has 0 radical (unpaired) electrons. The molecule has 2 nitrogen and oxygen atoms in total. The van der Waals surface area contributed by atoms with E-state index in [0.29, 0.717) is 6.42 Å². The van der Waals surface area contributed by atoms with Gasteiger partial charge in [-0.3, -0.25) is 0 Å². The van der Waals surface area contributed by atoms with Gasteiger partial charge >= 0.3 is 18.9 Å². The molecule has 0 N–H and O–H groups in total. The molecule has 1 aliphatic heterocycles. The molecule has 0 aromatic rings. The van der Waals surface area contributed by atoms with Crippen LogP contribution in [0.1, 0.15) is 19.3 Å². The minimum atomic E-state index is 0. The van der Waals surface area contributed by atoms with E-state index in [0.717, 1.165) is 25.7 Å². The molecule has 48 valence electrons. The fraction of sp³-hybridized carbons (Fsp3) is 0.833. The maximum absolute atomic E-state index is 9.88. The molecule has 0 aromatic heterocycles. The maximum atomic E-state index is 9.88. The minimum absolute atomic E-state index is 0. The van der Waals surface area contributed by atoms with E-state index in [1.54, 1.807) is 0 Å². The second-order valence-corrected chi connectivity index (χ2v) is 2.04. The van der Waals surface area contributed by atoms with Crippen LogP contribution in [0.4, 0.5) is 0 Å². The molecule has 1 aliphatic rings. The van der Waals surface area contributed by atoms with Crippen molar-refractivity contribution in [2.24, 2.45) is 0 Å². The fourth-order valence-electron chi connectivity index (χ4n) is 0.938. The van der Waals surface area contributed by atoms with Crippen molar-refractivity contribution in [2.75, 3.05) is 6.61 Å². The quantitative estimate of drug-likeness (QED) is 0.383. The molecule has 0 bridgehead atoms. The molecule has 1 atom stereocenters. The van der Waals surface area contributed by atoms with Crippen LogP contribution in [-0.4, -0.2) is 37.9 Å². The van der Waals surface area contributed by atoms with Crippen LogP contribution >= 0.6 is 0 Å². The van der Waals surface area contributed by atoms with Crippen LogP contribution in [0.25, 0.3) is 0 Å². The number of aldehydes is 1. The number of carbonyl (C=O) groups is 1. The molecule has 1 rings (SSSR count). The third-order valence-electron chi connectivity index (χ3n) is 1.38. The van der Waals surface area contributed by atoms with Crippen molar-refractivity contribution >= 4 is 25.1 Å². The van der Waals surface area contributed by atoms with Gasteiger partial charge in [0.25, 0.3) is 0 Å². The summed E-state index contributed by atoms with van der Waals surface area (Å²) in [5.41, 5.74) is 0. The number of rotatable bonds is 2. The molecule has 0 amide bonds. The zero-order valence-corrected chi connectivity index (χ0v) is 4.80. The van der Waals surface area contributed by atoms with Crippen molar-refractivity contribution in [1.29, 1.82) is 0 Å². The van der Waals surface area contributed by atoms with Gasteiger partial charge in [0.05, 0.1) is 6.10 Å². The van der Waals surface area contributed by atoms with Gasteiger partial charge in [-0.25, -0.2) is 0 Å². The van der Waals surface area contributed by atoms with Crippen molar-refractivity contribution in [3.63, 3.8) is 0 Å². The summed E-state index contributed by atoms with van der Waals surface area (Å²) in [5, 5.41) is 0. The fourth-order valence-corrected chi connectivity index (χ4v) is 0.938. The summed E-state index contributed by atoms with van der Waals surface area (Å²) in [4.78, 5) is 9.88. The van der Waals surface area contributed by atoms with Crippen LogP contribution in [0.3, 0.4) is 0 Å². The van der Waals surface area contributed by atoms with Crippen LogP contribution < -0.4 is 0 Å². The second-order valence-electron chi connectivity index (χ2n) is 2.04. The Kier molecular flexibility index (Phi) is 5.17. The zero-order valence-electron chi connectivity index (χ0n) is 4.80. The van der Waals surface area contributed by atoms with Crippen LogP contribution in [-0.2, 0) is 9.53 Å². The molecule has 9 heavy (non-hydrogen) atoms. The van der Waals surface area contributed by atoms with E-state index in [1.807, 2.05) is 0 Å². The number of hydrogen-bond donors (Lipinski definition) is 0. The third-order valence-corrected chi connectivity index (χ3v) is 1.38. The third kappa shape index (κ3) is 3.05. The van der Waals surface area contributed by atoms with Gasteiger partial charge in [0.15, 0.2) is 0 Å². The van der Waals surface area contributed by atoms with Crippen LogP contribution in [0, 0.1) is 0 Å². The Morgan fingerprint density at radius 1 is 1.67 bits per heavy atom. The molecule has 0 spiro atoms. The Balaban J connectivity index is 0.000000640. The topological polar surface area (TPSA) is 26.3 Å². The zero-order chi connectivity index (χ0) is 5.82. The Hall–Kier alpha value is 0.227. The summed E-state index contributed by atoms with van der Waals surface area (Å²) >= 11 is 0. The first-order valence-electron chi connectivity index (χ1n) is 2.98. The van der Waals surface area contributed by atoms with E-state index in [9.17, 15) is 4.79 Å². The summed E-state index contributed by atoms with van der Waals surface area (Å²) in [5.74, 6) is 0. The van der Waals surface area contributed by atoms with Gasteiger partial charge in [-0.15, -0.1) is 0 Å². The van der Waals surface area contributed by atoms with E-state index in [4.69, 9.17) is 4.74 Å². The summed E-state index contributed by atoms with van der Waals surface area (Å²) in [6.07, 6.45) is 3.94. The van der Waals surface area contributed by atoms with E-state index in [-0.39, 0.29) is 25.0 Å². The molecular formula is C6H11LiO2. The van der Waals surface area contributed by atoms with E-state index in [2.05, 4.69) is 0 Å². The number of carbonyl (C=O) groups excluding carboxylic acids is 1. The predicted molar refractivity (Wildman–Crippen MR) is 36.8 cm³/mol. The molecule has 0 aromatic carbocycles.